The molecule has 8 nitrogen and oxygen atoms in total. The predicted molar refractivity (Wildman–Crippen MR) is 89.7 cm³/mol. The lowest BCUT2D eigenvalue weighted by atomic mass is 10.2. The second kappa shape index (κ2) is 7.50. The lowest BCUT2D eigenvalue weighted by Crippen LogP contribution is -2.14. The Balaban J connectivity index is 2.17. The fourth-order valence-electron chi connectivity index (χ4n) is 2.12. The molecule has 0 fully saturated rings. The van der Waals surface area contributed by atoms with E-state index in [9.17, 15) is 10.1 Å². The van der Waals surface area contributed by atoms with E-state index in [1.165, 1.54) is 6.07 Å². The Morgan fingerprint density at radius 1 is 1.30 bits per heavy atom. The van der Waals surface area contributed by atoms with Crippen LogP contribution in [0, 0.1) is 10.1 Å². The number of hydrogen-bond donors (Lipinski definition) is 2. The second-order valence-electron chi connectivity index (χ2n) is 5.40. The van der Waals surface area contributed by atoms with Crippen molar-refractivity contribution in [1.29, 1.82) is 0 Å². The Morgan fingerprint density at radius 2 is 2.04 bits per heavy atom. The van der Waals surface area contributed by atoms with Gasteiger partial charge in [0.25, 0.3) is 5.69 Å². The van der Waals surface area contributed by atoms with Crippen LogP contribution in [0.2, 0.25) is 0 Å². The molecule has 122 valence electrons. The van der Waals surface area contributed by atoms with E-state index in [-0.39, 0.29) is 5.69 Å². The molecule has 2 aromatic rings. The first-order valence-electron chi connectivity index (χ1n) is 7.24. The van der Waals surface area contributed by atoms with E-state index >= 15 is 0 Å². The zero-order valence-corrected chi connectivity index (χ0v) is 13.2. The van der Waals surface area contributed by atoms with Crippen molar-refractivity contribution in [2.24, 2.45) is 0 Å². The monoisotopic (exact) mass is 316 g/mol. The second-order valence-corrected chi connectivity index (χ2v) is 5.40. The van der Waals surface area contributed by atoms with Crippen molar-refractivity contribution in [3.63, 3.8) is 0 Å². The van der Waals surface area contributed by atoms with E-state index < -0.39 is 4.92 Å². The molecule has 1 heterocycles. The Labute approximate surface area is 134 Å². The summed E-state index contributed by atoms with van der Waals surface area (Å²) in [5.74, 6) is 1.40. The number of nitrogen functional groups attached to an aromatic ring is 1. The number of nitro groups is 1. The highest BCUT2D eigenvalue weighted by Crippen LogP contribution is 2.26. The highest BCUT2D eigenvalue weighted by atomic mass is 16.6. The Kier molecular flexibility index (Phi) is 5.42. The quantitative estimate of drug-likeness (QED) is 0.595. The molecule has 2 rings (SSSR count). The maximum Gasteiger partial charge on any atom is 0.292 e. The van der Waals surface area contributed by atoms with Crippen LogP contribution in [0.25, 0.3) is 0 Å². The molecule has 0 radical (unpaired) electrons. The zero-order chi connectivity index (χ0) is 16.8. The number of rotatable bonds is 7. The van der Waals surface area contributed by atoms with Crippen LogP contribution in [0.4, 0.5) is 23.0 Å². The van der Waals surface area contributed by atoms with Crippen molar-refractivity contribution < 1.29 is 4.92 Å². The first-order valence-corrected chi connectivity index (χ1v) is 7.24. The van der Waals surface area contributed by atoms with Crippen molar-refractivity contribution in [1.82, 2.24) is 14.9 Å². The first kappa shape index (κ1) is 16.6. The number of nitro benzene ring substituents is 1. The normalized spacial score (nSPS) is 10.7. The van der Waals surface area contributed by atoms with Gasteiger partial charge in [0.2, 0.25) is 0 Å². The summed E-state index contributed by atoms with van der Waals surface area (Å²) >= 11 is 0. The van der Waals surface area contributed by atoms with Crippen molar-refractivity contribution >= 4 is 23.0 Å². The Morgan fingerprint density at radius 3 is 2.74 bits per heavy atom. The molecular formula is C15H20N6O2. The summed E-state index contributed by atoms with van der Waals surface area (Å²) in [4.78, 5) is 21.3. The summed E-state index contributed by atoms with van der Waals surface area (Å²) in [6.07, 6.45) is 1.59. The van der Waals surface area contributed by atoms with Crippen molar-refractivity contribution in [2.75, 3.05) is 31.7 Å². The number of aryl methyl sites for hydroxylation is 1. The highest BCUT2D eigenvalue weighted by molar-refractivity contribution is 5.68. The number of hydrogen-bond acceptors (Lipinski definition) is 7. The molecule has 0 saturated heterocycles. The van der Waals surface area contributed by atoms with Gasteiger partial charge >= 0.3 is 0 Å². The van der Waals surface area contributed by atoms with Crippen LogP contribution < -0.4 is 11.1 Å². The van der Waals surface area contributed by atoms with E-state index in [0.29, 0.717) is 29.6 Å². The van der Waals surface area contributed by atoms with Crippen LogP contribution in [0.15, 0.2) is 30.3 Å². The van der Waals surface area contributed by atoms with E-state index in [1.54, 1.807) is 24.3 Å². The van der Waals surface area contributed by atoms with Gasteiger partial charge in [-0.3, -0.25) is 10.1 Å². The standard InChI is InChI=1S/C15H20N6O2/c1-20(2)9-5-8-14-18-13(16)10-15(19-14)17-11-6-3-4-7-12(11)21(22)23/h3-4,6-7,10H,5,8-9H2,1-2H3,(H3,16,17,18,19). The minimum atomic E-state index is -0.440. The van der Waals surface area contributed by atoms with Crippen LogP contribution in [0.1, 0.15) is 12.2 Å². The fraction of sp³-hybridized carbons (Fsp3) is 0.333. The number of nitrogens with zero attached hydrogens (tertiary/aromatic N) is 4. The smallest absolute Gasteiger partial charge is 0.292 e. The number of benzene rings is 1. The number of para-hydroxylation sites is 2. The van der Waals surface area contributed by atoms with Gasteiger partial charge in [0.05, 0.1) is 4.92 Å². The van der Waals surface area contributed by atoms with Crippen molar-refractivity contribution in [3.8, 4) is 0 Å². The fourth-order valence-corrected chi connectivity index (χ4v) is 2.12. The summed E-state index contributed by atoms with van der Waals surface area (Å²) in [5, 5.41) is 14.0. The summed E-state index contributed by atoms with van der Waals surface area (Å²) in [6.45, 7) is 0.922. The molecule has 0 aliphatic heterocycles. The number of nitrogens with two attached hydrogens (primary N) is 1. The van der Waals surface area contributed by atoms with Crippen LogP contribution in [0.3, 0.4) is 0 Å². The van der Waals surface area contributed by atoms with Gasteiger partial charge in [-0.25, -0.2) is 9.97 Å². The molecule has 0 amide bonds. The predicted octanol–water partition coefficient (Wildman–Crippen LogP) is 2.20. The molecule has 0 unspecified atom stereocenters. The third-order valence-electron chi connectivity index (χ3n) is 3.16. The highest BCUT2D eigenvalue weighted by Gasteiger charge is 2.13. The molecule has 0 aliphatic rings. The molecule has 3 N–H and O–H groups in total. The van der Waals surface area contributed by atoms with Crippen molar-refractivity contribution in [2.45, 2.75) is 12.8 Å². The molecule has 8 heteroatoms. The van der Waals surface area contributed by atoms with Gasteiger partial charge in [0.1, 0.15) is 23.1 Å². The average molecular weight is 316 g/mol. The van der Waals surface area contributed by atoms with E-state index in [4.69, 9.17) is 5.73 Å². The maximum absolute atomic E-state index is 11.1. The van der Waals surface area contributed by atoms with E-state index in [1.807, 2.05) is 14.1 Å². The van der Waals surface area contributed by atoms with Crippen LogP contribution in [-0.4, -0.2) is 40.4 Å². The van der Waals surface area contributed by atoms with E-state index in [0.717, 1.165) is 13.0 Å². The van der Waals surface area contributed by atoms with Gasteiger partial charge in [-0.05, 0) is 33.1 Å². The molecule has 0 aliphatic carbocycles. The molecule has 0 spiro atoms. The van der Waals surface area contributed by atoms with Gasteiger partial charge in [-0.1, -0.05) is 12.1 Å². The molecule has 0 saturated carbocycles. The minimum Gasteiger partial charge on any atom is -0.384 e. The molecule has 0 bridgehead atoms. The van der Waals surface area contributed by atoms with Gasteiger partial charge in [0.15, 0.2) is 0 Å². The largest absolute Gasteiger partial charge is 0.384 e. The third-order valence-corrected chi connectivity index (χ3v) is 3.16. The summed E-state index contributed by atoms with van der Waals surface area (Å²) in [7, 11) is 4.00. The van der Waals surface area contributed by atoms with Crippen LogP contribution >= 0.6 is 0 Å². The molecule has 1 aromatic carbocycles. The summed E-state index contributed by atoms with van der Waals surface area (Å²) in [6, 6.07) is 7.96. The minimum absolute atomic E-state index is 0.0150. The van der Waals surface area contributed by atoms with Gasteiger partial charge < -0.3 is 16.0 Å². The van der Waals surface area contributed by atoms with E-state index in [2.05, 4.69) is 20.2 Å². The summed E-state index contributed by atoms with van der Waals surface area (Å²) < 4.78 is 0. The lowest BCUT2D eigenvalue weighted by Gasteiger charge is -2.10. The topological polar surface area (TPSA) is 110 Å². The maximum atomic E-state index is 11.1. The Bertz CT molecular complexity index is 689. The zero-order valence-electron chi connectivity index (χ0n) is 13.2. The molecule has 23 heavy (non-hydrogen) atoms. The number of nitrogens with one attached hydrogen (secondary N) is 1. The molecule has 0 atom stereocenters. The lowest BCUT2D eigenvalue weighted by molar-refractivity contribution is -0.383. The average Bonchev–Trinajstić information content (AvgIpc) is 2.46. The van der Waals surface area contributed by atoms with Crippen molar-refractivity contribution in [3.05, 3.63) is 46.3 Å². The Hall–Kier alpha value is -2.74. The van der Waals surface area contributed by atoms with Gasteiger partial charge in [0, 0.05) is 18.6 Å². The molecular weight excluding hydrogens is 296 g/mol. The number of aromatic nitrogens is 2. The molecule has 1 aromatic heterocycles. The SMILES string of the molecule is CN(C)CCCc1nc(N)cc(Nc2ccccc2[N+](=O)[O-])n1. The van der Waals surface area contributed by atoms with Crippen LogP contribution in [-0.2, 0) is 6.42 Å². The third kappa shape index (κ3) is 4.89. The number of anilines is 3. The van der Waals surface area contributed by atoms with Crippen LogP contribution in [0.5, 0.6) is 0 Å². The van der Waals surface area contributed by atoms with Gasteiger partial charge in [-0.15, -0.1) is 0 Å². The summed E-state index contributed by atoms with van der Waals surface area (Å²) in [5.41, 5.74) is 6.16. The van der Waals surface area contributed by atoms with Gasteiger partial charge in [-0.2, -0.15) is 0 Å². The first-order chi connectivity index (χ1) is 11.0.